The van der Waals surface area contributed by atoms with Crippen LogP contribution in [-0.2, 0) is 15.0 Å². The van der Waals surface area contributed by atoms with Crippen LogP contribution in [0.15, 0.2) is 24.4 Å². The van der Waals surface area contributed by atoms with E-state index < -0.39 is 35.9 Å². The molecule has 1 amide bonds. The predicted octanol–water partition coefficient (Wildman–Crippen LogP) is 1.44. The summed E-state index contributed by atoms with van der Waals surface area (Å²) in [6.07, 6.45) is -3.58. The fourth-order valence-electron chi connectivity index (χ4n) is 2.64. The molecule has 0 radical (unpaired) electrons. The molecular formula is C13H13F3N2O3. The number of alkyl halides is 3. The number of likely N-dealkylation sites (tertiary alicyclic amines) is 1. The standard InChI is InChI=1S/C13H13F3N2O3/c1-12(9-4-2-3-5-17-9)7-18(6-8(12)10(19)20)11(21)13(14,15)16/h2-5,8H,6-7H2,1H3,(H,19,20)/t8-,12+/m1/s1. The molecule has 1 aromatic heterocycles. The van der Waals surface area contributed by atoms with E-state index in [9.17, 15) is 27.9 Å². The number of aromatic nitrogens is 1. The van der Waals surface area contributed by atoms with Crippen LogP contribution in [0.25, 0.3) is 0 Å². The second kappa shape index (κ2) is 5.01. The number of pyridine rings is 1. The van der Waals surface area contributed by atoms with Crippen molar-refractivity contribution in [1.29, 1.82) is 0 Å². The van der Waals surface area contributed by atoms with E-state index in [0.29, 0.717) is 10.6 Å². The first kappa shape index (κ1) is 15.3. The number of halogens is 3. The number of nitrogens with zero attached hydrogens (tertiary/aromatic N) is 2. The van der Waals surface area contributed by atoms with E-state index in [-0.39, 0.29) is 6.54 Å². The van der Waals surface area contributed by atoms with Crippen LogP contribution in [0.5, 0.6) is 0 Å². The van der Waals surface area contributed by atoms with Crippen LogP contribution < -0.4 is 0 Å². The minimum atomic E-state index is -5.02. The van der Waals surface area contributed by atoms with Gasteiger partial charge in [0.15, 0.2) is 0 Å². The van der Waals surface area contributed by atoms with E-state index >= 15 is 0 Å². The number of carbonyl (C=O) groups is 2. The number of amides is 1. The summed E-state index contributed by atoms with van der Waals surface area (Å²) in [5.41, 5.74) is -0.802. The van der Waals surface area contributed by atoms with Crippen molar-refractivity contribution in [3.63, 3.8) is 0 Å². The number of rotatable bonds is 2. The SMILES string of the molecule is C[C@]1(c2ccccn2)CN(C(=O)C(F)(F)F)C[C@@H]1C(=O)O. The van der Waals surface area contributed by atoms with Gasteiger partial charge in [0.1, 0.15) is 0 Å². The summed E-state index contributed by atoms with van der Waals surface area (Å²) in [7, 11) is 0. The van der Waals surface area contributed by atoms with Crippen LogP contribution in [-0.4, -0.2) is 46.1 Å². The van der Waals surface area contributed by atoms with Gasteiger partial charge in [-0.05, 0) is 12.1 Å². The monoisotopic (exact) mass is 302 g/mol. The highest BCUT2D eigenvalue weighted by Gasteiger charge is 2.54. The van der Waals surface area contributed by atoms with Gasteiger partial charge in [-0.25, -0.2) is 0 Å². The molecule has 5 nitrogen and oxygen atoms in total. The second-order valence-corrected chi connectivity index (χ2v) is 5.21. The summed E-state index contributed by atoms with van der Waals surface area (Å²) in [6, 6.07) is 4.80. The molecule has 0 bridgehead atoms. The van der Waals surface area contributed by atoms with Crippen molar-refractivity contribution in [2.24, 2.45) is 5.92 Å². The van der Waals surface area contributed by atoms with Gasteiger partial charge >= 0.3 is 18.1 Å². The Morgan fingerprint density at radius 1 is 1.43 bits per heavy atom. The zero-order valence-corrected chi connectivity index (χ0v) is 11.1. The Kier molecular flexibility index (Phi) is 3.65. The molecule has 0 aromatic carbocycles. The lowest BCUT2D eigenvalue weighted by atomic mass is 9.77. The fraction of sp³-hybridized carbons (Fsp3) is 0.462. The van der Waals surface area contributed by atoms with Gasteiger partial charge in [0.2, 0.25) is 0 Å². The van der Waals surface area contributed by atoms with Crippen LogP contribution in [0, 0.1) is 5.92 Å². The van der Waals surface area contributed by atoms with Gasteiger partial charge in [-0.15, -0.1) is 0 Å². The Hall–Kier alpha value is -2.12. The van der Waals surface area contributed by atoms with Crippen molar-refractivity contribution in [2.45, 2.75) is 18.5 Å². The molecule has 2 heterocycles. The first-order valence-corrected chi connectivity index (χ1v) is 6.16. The summed E-state index contributed by atoms with van der Waals surface area (Å²) in [5.74, 6) is -4.41. The number of hydrogen-bond donors (Lipinski definition) is 1. The third-order valence-electron chi connectivity index (χ3n) is 3.77. The third kappa shape index (κ3) is 2.70. The molecule has 0 spiro atoms. The smallest absolute Gasteiger partial charge is 0.471 e. The Labute approximate surface area is 118 Å². The van der Waals surface area contributed by atoms with Gasteiger partial charge in [-0.1, -0.05) is 13.0 Å². The molecule has 1 aromatic rings. The van der Waals surface area contributed by atoms with Gasteiger partial charge in [0.25, 0.3) is 0 Å². The van der Waals surface area contributed by atoms with Crippen molar-refractivity contribution >= 4 is 11.9 Å². The molecular weight excluding hydrogens is 289 g/mol. The molecule has 1 N–H and O–H groups in total. The van der Waals surface area contributed by atoms with Gasteiger partial charge in [0.05, 0.1) is 5.92 Å². The summed E-state index contributed by atoms with van der Waals surface area (Å²) in [5, 5.41) is 9.27. The highest BCUT2D eigenvalue weighted by molar-refractivity contribution is 5.84. The van der Waals surface area contributed by atoms with Crippen LogP contribution in [0.2, 0.25) is 0 Å². The lowest BCUT2D eigenvalue weighted by molar-refractivity contribution is -0.184. The van der Waals surface area contributed by atoms with E-state index in [1.165, 1.54) is 13.1 Å². The molecule has 1 aliphatic heterocycles. The zero-order valence-electron chi connectivity index (χ0n) is 11.1. The average Bonchev–Trinajstić information content (AvgIpc) is 2.77. The first-order chi connectivity index (χ1) is 9.66. The molecule has 0 unspecified atom stereocenters. The molecule has 1 saturated heterocycles. The number of carboxylic acid groups (broad SMARTS) is 1. The normalized spacial score (nSPS) is 25.9. The summed E-state index contributed by atoms with van der Waals surface area (Å²) in [6.45, 7) is 0.692. The summed E-state index contributed by atoms with van der Waals surface area (Å²) in [4.78, 5) is 27.3. The Balaban J connectivity index is 2.37. The highest BCUT2D eigenvalue weighted by Crippen LogP contribution is 2.39. The van der Waals surface area contributed by atoms with Crippen LogP contribution in [0.1, 0.15) is 12.6 Å². The van der Waals surface area contributed by atoms with E-state index in [1.54, 1.807) is 18.2 Å². The van der Waals surface area contributed by atoms with Gasteiger partial charge in [-0.2, -0.15) is 13.2 Å². The molecule has 1 aliphatic rings. The van der Waals surface area contributed by atoms with Crippen molar-refractivity contribution in [3.8, 4) is 0 Å². The van der Waals surface area contributed by atoms with Gasteiger partial charge in [-0.3, -0.25) is 14.6 Å². The quantitative estimate of drug-likeness (QED) is 0.897. The molecule has 2 rings (SSSR count). The summed E-state index contributed by atoms with van der Waals surface area (Å²) < 4.78 is 37.6. The minimum Gasteiger partial charge on any atom is -0.481 e. The Bertz CT molecular complexity index is 562. The van der Waals surface area contributed by atoms with Gasteiger partial charge in [0, 0.05) is 30.4 Å². The lowest BCUT2D eigenvalue weighted by Gasteiger charge is -2.27. The lowest BCUT2D eigenvalue weighted by Crippen LogP contribution is -2.41. The summed E-state index contributed by atoms with van der Waals surface area (Å²) >= 11 is 0. The van der Waals surface area contributed by atoms with Crippen LogP contribution in [0.4, 0.5) is 13.2 Å². The number of carbonyl (C=O) groups excluding carboxylic acids is 1. The number of hydrogen-bond acceptors (Lipinski definition) is 3. The number of aliphatic carboxylic acids is 1. The Morgan fingerprint density at radius 3 is 2.57 bits per heavy atom. The second-order valence-electron chi connectivity index (χ2n) is 5.21. The topological polar surface area (TPSA) is 70.5 Å². The van der Waals surface area contributed by atoms with Crippen molar-refractivity contribution < 1.29 is 27.9 Å². The van der Waals surface area contributed by atoms with E-state index in [2.05, 4.69) is 4.98 Å². The van der Waals surface area contributed by atoms with Crippen molar-refractivity contribution in [1.82, 2.24) is 9.88 Å². The predicted molar refractivity (Wildman–Crippen MR) is 65.3 cm³/mol. The minimum absolute atomic E-state index is 0.334. The average molecular weight is 302 g/mol. The van der Waals surface area contributed by atoms with E-state index in [0.717, 1.165) is 0 Å². The molecule has 0 aliphatic carbocycles. The Morgan fingerprint density at radius 2 is 2.10 bits per heavy atom. The molecule has 8 heteroatoms. The van der Waals surface area contributed by atoms with E-state index in [1.807, 2.05) is 0 Å². The third-order valence-corrected chi connectivity index (χ3v) is 3.77. The maximum absolute atomic E-state index is 12.5. The number of carboxylic acids is 1. The fourth-order valence-corrected chi connectivity index (χ4v) is 2.64. The molecule has 0 saturated carbocycles. The highest BCUT2D eigenvalue weighted by atomic mass is 19.4. The molecule has 1 fully saturated rings. The van der Waals surface area contributed by atoms with Gasteiger partial charge < -0.3 is 10.0 Å². The molecule has 2 atom stereocenters. The van der Waals surface area contributed by atoms with Crippen LogP contribution >= 0.6 is 0 Å². The molecule has 21 heavy (non-hydrogen) atoms. The van der Waals surface area contributed by atoms with Crippen molar-refractivity contribution in [3.05, 3.63) is 30.1 Å². The van der Waals surface area contributed by atoms with Crippen LogP contribution in [0.3, 0.4) is 0 Å². The maximum atomic E-state index is 12.5. The van der Waals surface area contributed by atoms with Crippen molar-refractivity contribution in [2.75, 3.05) is 13.1 Å². The largest absolute Gasteiger partial charge is 0.481 e. The van der Waals surface area contributed by atoms with E-state index in [4.69, 9.17) is 0 Å². The molecule has 114 valence electrons. The zero-order chi connectivity index (χ0) is 15.8. The first-order valence-electron chi connectivity index (χ1n) is 6.16. The maximum Gasteiger partial charge on any atom is 0.471 e.